The third kappa shape index (κ3) is 0.933. The standard InChI is InChI=1S/C9H7BFO/c1-10-7-4-2-3-6-8(11)5-12-9(6)7/h2-5H,1H3. The molecule has 0 amide bonds. The van der Waals surface area contributed by atoms with Crippen molar-refractivity contribution in [2.75, 3.05) is 0 Å². The molecule has 0 N–H and O–H groups in total. The number of furan rings is 1. The van der Waals surface area contributed by atoms with Crippen LogP contribution < -0.4 is 5.46 Å². The number of benzene rings is 1. The zero-order chi connectivity index (χ0) is 8.55. The number of rotatable bonds is 1. The molecule has 0 spiro atoms. The number of para-hydroxylation sites is 1. The summed E-state index contributed by atoms with van der Waals surface area (Å²) in [4.78, 5) is 0. The van der Waals surface area contributed by atoms with Gasteiger partial charge in [-0.15, -0.1) is 0 Å². The number of fused-ring (bicyclic) bond motifs is 1. The van der Waals surface area contributed by atoms with Crippen molar-refractivity contribution in [3.8, 4) is 0 Å². The average molecular weight is 161 g/mol. The fourth-order valence-corrected chi connectivity index (χ4v) is 1.28. The predicted molar refractivity (Wildman–Crippen MR) is 47.4 cm³/mol. The molecule has 59 valence electrons. The molecule has 2 aromatic rings. The molecular weight excluding hydrogens is 154 g/mol. The van der Waals surface area contributed by atoms with Crippen LogP contribution in [0.15, 0.2) is 28.9 Å². The van der Waals surface area contributed by atoms with Gasteiger partial charge in [0, 0.05) is 0 Å². The molecule has 0 bridgehead atoms. The van der Waals surface area contributed by atoms with Gasteiger partial charge in [0.25, 0.3) is 0 Å². The van der Waals surface area contributed by atoms with Crippen molar-refractivity contribution >= 4 is 23.7 Å². The molecule has 1 radical (unpaired) electrons. The zero-order valence-corrected chi connectivity index (χ0v) is 6.67. The van der Waals surface area contributed by atoms with E-state index in [4.69, 9.17) is 4.42 Å². The maximum Gasteiger partial charge on any atom is 0.169 e. The second-order valence-electron chi connectivity index (χ2n) is 2.60. The van der Waals surface area contributed by atoms with E-state index in [0.717, 1.165) is 11.7 Å². The van der Waals surface area contributed by atoms with E-state index in [1.165, 1.54) is 0 Å². The fraction of sp³-hybridized carbons (Fsp3) is 0.111. The first kappa shape index (κ1) is 7.41. The molecule has 0 atom stereocenters. The van der Waals surface area contributed by atoms with Crippen LogP contribution >= 0.6 is 0 Å². The fourth-order valence-electron chi connectivity index (χ4n) is 1.28. The molecule has 0 aliphatic heterocycles. The molecule has 12 heavy (non-hydrogen) atoms. The summed E-state index contributed by atoms with van der Waals surface area (Å²) >= 11 is 0. The molecule has 1 heterocycles. The third-order valence-corrected chi connectivity index (χ3v) is 1.89. The molecule has 0 fully saturated rings. The van der Waals surface area contributed by atoms with Crippen LogP contribution in [-0.4, -0.2) is 7.28 Å². The van der Waals surface area contributed by atoms with E-state index in [9.17, 15) is 4.39 Å². The lowest BCUT2D eigenvalue weighted by Gasteiger charge is -1.94. The Kier molecular flexibility index (Phi) is 1.64. The minimum Gasteiger partial charge on any atom is -0.462 e. The van der Waals surface area contributed by atoms with E-state index in [1.54, 1.807) is 6.07 Å². The zero-order valence-electron chi connectivity index (χ0n) is 6.67. The van der Waals surface area contributed by atoms with Crippen LogP contribution in [0.1, 0.15) is 0 Å². The largest absolute Gasteiger partial charge is 0.462 e. The molecule has 0 unspecified atom stereocenters. The summed E-state index contributed by atoms with van der Waals surface area (Å²) in [5, 5.41) is 0.547. The second kappa shape index (κ2) is 2.66. The van der Waals surface area contributed by atoms with E-state index in [0.29, 0.717) is 11.0 Å². The molecule has 1 aromatic heterocycles. The highest BCUT2D eigenvalue weighted by atomic mass is 19.1. The van der Waals surface area contributed by atoms with Crippen LogP contribution in [0.5, 0.6) is 0 Å². The number of halogens is 1. The summed E-state index contributed by atoms with van der Waals surface area (Å²) in [7, 11) is 1.89. The molecule has 3 heteroatoms. The lowest BCUT2D eigenvalue weighted by Crippen LogP contribution is -2.09. The van der Waals surface area contributed by atoms with E-state index < -0.39 is 0 Å². The van der Waals surface area contributed by atoms with Gasteiger partial charge >= 0.3 is 0 Å². The summed E-state index contributed by atoms with van der Waals surface area (Å²) in [5.41, 5.74) is 1.55. The maximum absolute atomic E-state index is 13.0. The highest BCUT2D eigenvalue weighted by molar-refractivity contribution is 6.55. The molecule has 0 aliphatic carbocycles. The van der Waals surface area contributed by atoms with Crippen LogP contribution in [-0.2, 0) is 0 Å². The lowest BCUT2D eigenvalue weighted by atomic mass is 9.73. The van der Waals surface area contributed by atoms with Crippen LogP contribution in [0, 0.1) is 5.82 Å². The molecule has 0 saturated carbocycles. The van der Waals surface area contributed by atoms with Gasteiger partial charge in [-0.2, -0.15) is 0 Å². The first-order valence-electron chi connectivity index (χ1n) is 3.78. The van der Waals surface area contributed by atoms with Crippen LogP contribution in [0.2, 0.25) is 6.82 Å². The number of hydrogen-bond donors (Lipinski definition) is 0. The van der Waals surface area contributed by atoms with E-state index in [1.807, 2.05) is 26.2 Å². The van der Waals surface area contributed by atoms with Gasteiger partial charge in [0.2, 0.25) is 0 Å². The van der Waals surface area contributed by atoms with Crippen molar-refractivity contribution in [3.63, 3.8) is 0 Å². The first-order valence-corrected chi connectivity index (χ1v) is 3.78. The van der Waals surface area contributed by atoms with Crippen molar-refractivity contribution in [1.29, 1.82) is 0 Å². The lowest BCUT2D eigenvalue weighted by molar-refractivity contribution is 0.559. The predicted octanol–water partition coefficient (Wildman–Crippen LogP) is 1.95. The third-order valence-electron chi connectivity index (χ3n) is 1.89. The van der Waals surface area contributed by atoms with Crippen molar-refractivity contribution in [2.24, 2.45) is 0 Å². The normalized spacial score (nSPS) is 10.5. The van der Waals surface area contributed by atoms with Gasteiger partial charge in [0.1, 0.15) is 11.8 Å². The topological polar surface area (TPSA) is 13.1 Å². The van der Waals surface area contributed by atoms with Gasteiger partial charge in [0.15, 0.2) is 13.1 Å². The molecule has 2 rings (SSSR count). The molecule has 1 nitrogen and oxygen atoms in total. The summed E-state index contributed by atoms with van der Waals surface area (Å²) in [6, 6.07) is 5.42. The van der Waals surface area contributed by atoms with Gasteiger partial charge in [-0.3, -0.25) is 0 Å². The van der Waals surface area contributed by atoms with Crippen LogP contribution in [0.3, 0.4) is 0 Å². The quantitative estimate of drug-likeness (QED) is 0.582. The highest BCUT2D eigenvalue weighted by Gasteiger charge is 2.07. The SMILES string of the molecule is C[B]c1cccc2c(F)coc12. The Hall–Kier alpha value is -1.25. The average Bonchev–Trinajstić information content (AvgIpc) is 2.48. The van der Waals surface area contributed by atoms with Crippen molar-refractivity contribution < 1.29 is 8.81 Å². The van der Waals surface area contributed by atoms with Crippen molar-refractivity contribution in [1.82, 2.24) is 0 Å². The van der Waals surface area contributed by atoms with Gasteiger partial charge in [0.05, 0.1) is 5.39 Å². The molecular formula is C9H7BFO. The Morgan fingerprint density at radius 2 is 2.25 bits per heavy atom. The monoisotopic (exact) mass is 161 g/mol. The molecule has 0 aliphatic rings. The highest BCUT2D eigenvalue weighted by Crippen LogP contribution is 2.16. The summed E-state index contributed by atoms with van der Waals surface area (Å²) in [6.45, 7) is 1.90. The summed E-state index contributed by atoms with van der Waals surface area (Å²) in [6.07, 6.45) is 1.14. The van der Waals surface area contributed by atoms with E-state index in [2.05, 4.69) is 0 Å². The minimum absolute atomic E-state index is 0.297. The van der Waals surface area contributed by atoms with Gasteiger partial charge in [-0.05, 0) is 11.5 Å². The smallest absolute Gasteiger partial charge is 0.169 e. The van der Waals surface area contributed by atoms with E-state index in [-0.39, 0.29) is 5.82 Å². The first-order chi connectivity index (χ1) is 5.83. The Bertz CT molecular complexity index is 408. The Morgan fingerprint density at radius 3 is 3.00 bits per heavy atom. The van der Waals surface area contributed by atoms with Gasteiger partial charge in [-0.1, -0.05) is 19.0 Å². The summed E-state index contributed by atoms with van der Waals surface area (Å²) in [5.74, 6) is -0.297. The Labute approximate surface area is 70.4 Å². The molecule has 0 saturated heterocycles. The Morgan fingerprint density at radius 1 is 1.42 bits per heavy atom. The van der Waals surface area contributed by atoms with Gasteiger partial charge < -0.3 is 4.42 Å². The van der Waals surface area contributed by atoms with Crippen molar-refractivity contribution in [3.05, 3.63) is 30.3 Å². The maximum atomic E-state index is 13.0. The van der Waals surface area contributed by atoms with Gasteiger partial charge in [-0.25, -0.2) is 4.39 Å². The molecule has 1 aromatic carbocycles. The Balaban J connectivity index is 2.81. The number of hydrogen-bond acceptors (Lipinski definition) is 1. The minimum atomic E-state index is -0.297. The second-order valence-corrected chi connectivity index (χ2v) is 2.60. The summed E-state index contributed by atoms with van der Waals surface area (Å²) < 4.78 is 18.0. The van der Waals surface area contributed by atoms with Crippen LogP contribution in [0.25, 0.3) is 11.0 Å². The van der Waals surface area contributed by atoms with Crippen LogP contribution in [0.4, 0.5) is 4.39 Å². The van der Waals surface area contributed by atoms with E-state index >= 15 is 0 Å². The van der Waals surface area contributed by atoms with Crippen molar-refractivity contribution in [2.45, 2.75) is 6.82 Å².